The largest absolute Gasteiger partial charge is 0.390 e. The molecular formula is C17H27N5O. The minimum atomic E-state index is -0.379. The molecule has 126 valence electrons. The SMILES string of the molecule is Cc1cc2nc(C(C)C)cc(NC[C@@H](O)CN3CCCC3)n2n1. The predicted octanol–water partition coefficient (Wildman–Crippen LogP) is 2.03. The molecule has 0 unspecified atom stereocenters. The lowest BCUT2D eigenvalue weighted by Crippen LogP contribution is -2.34. The maximum atomic E-state index is 10.3. The smallest absolute Gasteiger partial charge is 0.157 e. The van der Waals surface area contributed by atoms with Crippen LogP contribution >= 0.6 is 0 Å². The number of aliphatic hydroxyl groups excluding tert-OH is 1. The molecule has 3 heterocycles. The Balaban J connectivity index is 1.72. The van der Waals surface area contributed by atoms with Gasteiger partial charge in [-0.05, 0) is 38.8 Å². The average molecular weight is 317 g/mol. The molecule has 1 saturated heterocycles. The summed E-state index contributed by atoms with van der Waals surface area (Å²) >= 11 is 0. The van der Waals surface area contributed by atoms with Gasteiger partial charge in [-0.15, -0.1) is 0 Å². The zero-order chi connectivity index (χ0) is 16.4. The Hall–Kier alpha value is -1.66. The number of aromatic nitrogens is 3. The van der Waals surface area contributed by atoms with E-state index in [9.17, 15) is 5.11 Å². The highest BCUT2D eigenvalue weighted by molar-refractivity contribution is 5.51. The van der Waals surface area contributed by atoms with E-state index in [-0.39, 0.29) is 6.10 Å². The molecule has 1 fully saturated rings. The van der Waals surface area contributed by atoms with Crippen LogP contribution in [0.25, 0.3) is 5.65 Å². The lowest BCUT2D eigenvalue weighted by Gasteiger charge is -2.20. The zero-order valence-electron chi connectivity index (χ0n) is 14.3. The number of hydrogen-bond donors (Lipinski definition) is 2. The number of likely N-dealkylation sites (tertiary alicyclic amines) is 1. The van der Waals surface area contributed by atoms with Crippen molar-refractivity contribution in [3.8, 4) is 0 Å². The molecule has 0 amide bonds. The molecule has 0 aliphatic carbocycles. The van der Waals surface area contributed by atoms with Crippen LogP contribution in [0.2, 0.25) is 0 Å². The van der Waals surface area contributed by atoms with Gasteiger partial charge in [-0.2, -0.15) is 9.61 Å². The molecular weight excluding hydrogens is 290 g/mol. The Morgan fingerprint density at radius 2 is 2.00 bits per heavy atom. The Morgan fingerprint density at radius 3 is 2.70 bits per heavy atom. The van der Waals surface area contributed by atoms with Crippen LogP contribution in [-0.2, 0) is 0 Å². The fourth-order valence-corrected chi connectivity index (χ4v) is 3.08. The van der Waals surface area contributed by atoms with Gasteiger partial charge in [0, 0.05) is 30.9 Å². The Morgan fingerprint density at radius 1 is 1.26 bits per heavy atom. The number of nitrogens with zero attached hydrogens (tertiary/aromatic N) is 4. The standard InChI is InChI=1S/C17H27N5O/c1-12(2)15-9-16(22-17(19-15)8-13(3)20-22)18-10-14(23)11-21-6-4-5-7-21/h8-9,12,14,18,23H,4-7,10-11H2,1-3H3/t14-/m1/s1. The molecule has 1 aliphatic heterocycles. The summed E-state index contributed by atoms with van der Waals surface area (Å²) in [6, 6.07) is 4.02. The fourth-order valence-electron chi connectivity index (χ4n) is 3.08. The third-order valence-corrected chi connectivity index (χ3v) is 4.35. The van der Waals surface area contributed by atoms with Gasteiger partial charge in [0.1, 0.15) is 5.82 Å². The monoisotopic (exact) mass is 317 g/mol. The zero-order valence-corrected chi connectivity index (χ0v) is 14.3. The van der Waals surface area contributed by atoms with Crippen LogP contribution < -0.4 is 5.32 Å². The predicted molar refractivity (Wildman–Crippen MR) is 92.0 cm³/mol. The minimum absolute atomic E-state index is 0.352. The quantitative estimate of drug-likeness (QED) is 0.853. The van der Waals surface area contributed by atoms with Gasteiger partial charge in [0.15, 0.2) is 5.65 Å². The maximum absolute atomic E-state index is 10.3. The van der Waals surface area contributed by atoms with E-state index in [1.807, 2.05) is 23.6 Å². The van der Waals surface area contributed by atoms with Crippen LogP contribution in [0.3, 0.4) is 0 Å². The van der Waals surface area contributed by atoms with Crippen LogP contribution in [0.15, 0.2) is 12.1 Å². The number of anilines is 1. The molecule has 0 spiro atoms. The molecule has 23 heavy (non-hydrogen) atoms. The molecule has 0 saturated carbocycles. The summed E-state index contributed by atoms with van der Waals surface area (Å²) in [6.45, 7) is 9.69. The molecule has 6 nitrogen and oxygen atoms in total. The van der Waals surface area contributed by atoms with E-state index in [1.165, 1.54) is 12.8 Å². The van der Waals surface area contributed by atoms with Crippen molar-refractivity contribution in [2.45, 2.75) is 45.6 Å². The topological polar surface area (TPSA) is 65.7 Å². The van der Waals surface area contributed by atoms with Gasteiger partial charge in [0.05, 0.1) is 11.8 Å². The summed E-state index contributed by atoms with van der Waals surface area (Å²) in [7, 11) is 0. The second-order valence-corrected chi connectivity index (χ2v) is 6.82. The van der Waals surface area contributed by atoms with Crippen molar-refractivity contribution in [3.63, 3.8) is 0 Å². The van der Waals surface area contributed by atoms with Crippen LogP contribution in [0, 0.1) is 6.92 Å². The van der Waals surface area contributed by atoms with Crippen molar-refractivity contribution in [1.29, 1.82) is 0 Å². The summed E-state index contributed by atoms with van der Waals surface area (Å²) in [5.41, 5.74) is 2.83. The number of rotatable bonds is 6. The van der Waals surface area contributed by atoms with E-state index in [4.69, 9.17) is 0 Å². The highest BCUT2D eigenvalue weighted by Crippen LogP contribution is 2.19. The third kappa shape index (κ3) is 3.82. The first-order chi connectivity index (χ1) is 11.0. The molecule has 6 heteroatoms. The number of fused-ring (bicyclic) bond motifs is 1. The van der Waals surface area contributed by atoms with Gasteiger partial charge in [0.2, 0.25) is 0 Å². The Bertz CT molecular complexity index is 660. The lowest BCUT2D eigenvalue weighted by molar-refractivity contribution is 0.135. The van der Waals surface area contributed by atoms with Crippen LogP contribution in [0.5, 0.6) is 0 Å². The van der Waals surface area contributed by atoms with Crippen molar-refractivity contribution in [2.75, 3.05) is 31.5 Å². The highest BCUT2D eigenvalue weighted by atomic mass is 16.3. The van der Waals surface area contributed by atoms with E-state index < -0.39 is 0 Å². The molecule has 0 radical (unpaired) electrons. The molecule has 1 atom stereocenters. The number of aryl methyl sites for hydroxylation is 1. The van der Waals surface area contributed by atoms with E-state index in [0.29, 0.717) is 12.5 Å². The average Bonchev–Trinajstić information content (AvgIpc) is 3.12. The summed E-state index contributed by atoms with van der Waals surface area (Å²) in [5.74, 6) is 1.25. The molecule has 2 aromatic rings. The first-order valence-electron chi connectivity index (χ1n) is 8.54. The Labute approximate surface area is 137 Å². The summed E-state index contributed by atoms with van der Waals surface area (Å²) in [5, 5.41) is 18.1. The van der Waals surface area contributed by atoms with Gasteiger partial charge < -0.3 is 15.3 Å². The Kier molecular flexibility index (Phi) is 4.82. The van der Waals surface area contributed by atoms with Crippen LogP contribution in [0.1, 0.15) is 44.0 Å². The summed E-state index contributed by atoms with van der Waals surface area (Å²) < 4.78 is 1.82. The molecule has 1 aliphatic rings. The second-order valence-electron chi connectivity index (χ2n) is 6.82. The van der Waals surface area contributed by atoms with Gasteiger partial charge in [-0.25, -0.2) is 4.98 Å². The first kappa shape index (κ1) is 16.2. The van der Waals surface area contributed by atoms with E-state index in [2.05, 4.69) is 34.1 Å². The number of β-amino-alcohol motifs (C(OH)–C–C–N with tert-alkyl or cyclic N) is 1. The number of hydrogen-bond acceptors (Lipinski definition) is 5. The molecule has 0 bridgehead atoms. The van der Waals surface area contributed by atoms with Crippen molar-refractivity contribution in [1.82, 2.24) is 19.5 Å². The van der Waals surface area contributed by atoms with Crippen LogP contribution in [-0.4, -0.2) is 56.9 Å². The molecule has 2 N–H and O–H groups in total. The van der Waals surface area contributed by atoms with Gasteiger partial charge in [0.25, 0.3) is 0 Å². The van der Waals surface area contributed by atoms with Crippen molar-refractivity contribution < 1.29 is 5.11 Å². The molecule has 2 aromatic heterocycles. The fraction of sp³-hybridized carbons (Fsp3) is 0.647. The summed E-state index contributed by atoms with van der Waals surface area (Å²) in [4.78, 5) is 6.98. The third-order valence-electron chi connectivity index (χ3n) is 4.35. The van der Waals surface area contributed by atoms with Gasteiger partial charge in [-0.3, -0.25) is 0 Å². The summed E-state index contributed by atoms with van der Waals surface area (Å²) in [6.07, 6.45) is 2.11. The minimum Gasteiger partial charge on any atom is -0.390 e. The molecule has 3 rings (SSSR count). The van der Waals surface area contributed by atoms with E-state index in [0.717, 1.165) is 42.5 Å². The van der Waals surface area contributed by atoms with Crippen LogP contribution in [0.4, 0.5) is 5.82 Å². The van der Waals surface area contributed by atoms with Crippen molar-refractivity contribution >= 4 is 11.5 Å². The van der Waals surface area contributed by atoms with E-state index >= 15 is 0 Å². The van der Waals surface area contributed by atoms with Gasteiger partial charge >= 0.3 is 0 Å². The highest BCUT2D eigenvalue weighted by Gasteiger charge is 2.16. The normalized spacial score (nSPS) is 17.3. The van der Waals surface area contributed by atoms with Gasteiger partial charge in [-0.1, -0.05) is 13.8 Å². The lowest BCUT2D eigenvalue weighted by atomic mass is 10.1. The number of aliphatic hydroxyl groups is 1. The number of nitrogens with one attached hydrogen (secondary N) is 1. The van der Waals surface area contributed by atoms with Crippen molar-refractivity contribution in [3.05, 3.63) is 23.5 Å². The first-order valence-corrected chi connectivity index (χ1v) is 8.54. The second kappa shape index (κ2) is 6.84. The van der Waals surface area contributed by atoms with E-state index in [1.54, 1.807) is 0 Å². The maximum Gasteiger partial charge on any atom is 0.157 e. The molecule has 0 aromatic carbocycles. The van der Waals surface area contributed by atoms with Crippen molar-refractivity contribution in [2.24, 2.45) is 0 Å².